The Morgan fingerprint density at radius 1 is 1.35 bits per heavy atom. The molecule has 2 atom stereocenters. The molecule has 1 fully saturated rings. The summed E-state index contributed by atoms with van der Waals surface area (Å²) in [6.45, 7) is 4.50. The summed E-state index contributed by atoms with van der Waals surface area (Å²) in [6.07, 6.45) is -1.06. The molecule has 2 rings (SSSR count). The van der Waals surface area contributed by atoms with Crippen LogP contribution in [-0.4, -0.2) is 27.4 Å². The van der Waals surface area contributed by atoms with Gasteiger partial charge in [0.05, 0.1) is 10.5 Å². The van der Waals surface area contributed by atoms with Crippen molar-refractivity contribution in [1.82, 2.24) is 0 Å². The third kappa shape index (κ3) is 2.25. The van der Waals surface area contributed by atoms with Gasteiger partial charge < -0.3 is 14.6 Å². The van der Waals surface area contributed by atoms with Gasteiger partial charge in [0.1, 0.15) is 6.10 Å². The van der Waals surface area contributed by atoms with Gasteiger partial charge in [-0.1, -0.05) is 12.1 Å². The second-order valence-corrected chi connectivity index (χ2v) is 5.23. The van der Waals surface area contributed by atoms with Gasteiger partial charge in [-0.2, -0.15) is 0 Å². The molecule has 0 spiro atoms. The molecule has 0 aliphatic carbocycles. The number of ether oxygens (including phenoxy) is 2. The van der Waals surface area contributed by atoms with E-state index in [2.05, 4.69) is 0 Å². The van der Waals surface area contributed by atoms with Crippen molar-refractivity contribution in [3.05, 3.63) is 39.9 Å². The largest absolute Gasteiger partial charge is 0.479 e. The van der Waals surface area contributed by atoms with Crippen LogP contribution in [0.2, 0.25) is 0 Å². The molecule has 108 valence electrons. The minimum Gasteiger partial charge on any atom is -0.479 e. The van der Waals surface area contributed by atoms with Crippen molar-refractivity contribution in [3.63, 3.8) is 0 Å². The highest BCUT2D eigenvalue weighted by molar-refractivity contribution is 5.79. The predicted octanol–water partition coefficient (Wildman–Crippen LogP) is 2.26. The molecular formula is C13H15NO6. The number of aliphatic carboxylic acids is 1. The molecule has 7 nitrogen and oxygen atoms in total. The lowest BCUT2D eigenvalue weighted by molar-refractivity contribution is -0.386. The van der Waals surface area contributed by atoms with Gasteiger partial charge in [0.15, 0.2) is 11.4 Å². The zero-order valence-corrected chi connectivity index (χ0v) is 11.3. The zero-order chi connectivity index (χ0) is 15.1. The van der Waals surface area contributed by atoms with Gasteiger partial charge in [-0.25, -0.2) is 4.79 Å². The van der Waals surface area contributed by atoms with Gasteiger partial charge in [0.25, 0.3) is 5.69 Å². The molecule has 0 unspecified atom stereocenters. The average Bonchev–Trinajstić information content (AvgIpc) is 2.60. The lowest BCUT2D eigenvalue weighted by atomic mass is 9.92. The highest BCUT2D eigenvalue weighted by atomic mass is 16.8. The van der Waals surface area contributed by atoms with Crippen molar-refractivity contribution < 1.29 is 24.3 Å². The van der Waals surface area contributed by atoms with Crippen LogP contribution in [-0.2, 0) is 14.3 Å². The first kappa shape index (κ1) is 14.4. The van der Waals surface area contributed by atoms with Crippen LogP contribution in [0.5, 0.6) is 0 Å². The smallest absolute Gasteiger partial charge is 0.338 e. The first-order valence-electron chi connectivity index (χ1n) is 6.02. The number of nitro benzene ring substituents is 1. The van der Waals surface area contributed by atoms with Crippen LogP contribution in [0.25, 0.3) is 0 Å². The maximum atomic E-state index is 11.5. The first-order chi connectivity index (χ1) is 9.17. The van der Waals surface area contributed by atoms with Crippen molar-refractivity contribution in [1.29, 1.82) is 0 Å². The monoisotopic (exact) mass is 281 g/mol. The summed E-state index contributed by atoms with van der Waals surface area (Å²) < 4.78 is 11.1. The standard InChI is InChI=1S/C13H15NO6/c1-12(2)19-10(13(3,20-12)11(15)16)8-6-4-5-7-9(8)14(17)18/h4-7,10H,1-3H3,(H,15,16)/t10-,13-/m0/s1. The van der Waals surface area contributed by atoms with Gasteiger partial charge in [-0.3, -0.25) is 10.1 Å². The Balaban J connectivity index is 2.56. The van der Waals surface area contributed by atoms with Crippen molar-refractivity contribution in [2.45, 2.75) is 38.3 Å². The minimum absolute atomic E-state index is 0.188. The van der Waals surface area contributed by atoms with Crippen LogP contribution in [0.4, 0.5) is 5.69 Å². The molecule has 20 heavy (non-hydrogen) atoms. The number of benzene rings is 1. The fourth-order valence-corrected chi connectivity index (χ4v) is 2.38. The van der Waals surface area contributed by atoms with Crippen molar-refractivity contribution in [2.24, 2.45) is 0 Å². The molecule has 1 aliphatic heterocycles. The highest BCUT2D eigenvalue weighted by Gasteiger charge is 2.57. The maximum absolute atomic E-state index is 11.5. The van der Waals surface area contributed by atoms with E-state index in [1.165, 1.54) is 25.1 Å². The summed E-state index contributed by atoms with van der Waals surface area (Å²) in [6, 6.07) is 5.90. The Hall–Kier alpha value is -1.99. The second kappa shape index (κ2) is 4.53. The molecule has 0 amide bonds. The van der Waals surface area contributed by atoms with E-state index in [1.807, 2.05) is 0 Å². The summed E-state index contributed by atoms with van der Waals surface area (Å²) >= 11 is 0. The first-order valence-corrected chi connectivity index (χ1v) is 6.02. The lowest BCUT2D eigenvalue weighted by Gasteiger charge is -2.24. The molecule has 1 aliphatic rings. The quantitative estimate of drug-likeness (QED) is 0.674. The predicted molar refractivity (Wildman–Crippen MR) is 68.1 cm³/mol. The molecule has 1 aromatic rings. The Bertz CT molecular complexity index is 570. The Morgan fingerprint density at radius 2 is 1.95 bits per heavy atom. The number of carboxylic acids is 1. The van der Waals surface area contributed by atoms with Gasteiger partial charge in [-0.05, 0) is 26.8 Å². The van der Waals surface area contributed by atoms with Crippen molar-refractivity contribution >= 4 is 11.7 Å². The van der Waals surface area contributed by atoms with Crippen LogP contribution >= 0.6 is 0 Å². The molecule has 0 saturated carbocycles. The summed E-state index contributed by atoms with van der Waals surface area (Å²) in [5.74, 6) is -2.37. The van der Waals surface area contributed by atoms with Crippen LogP contribution in [0, 0.1) is 10.1 Å². The molecule has 1 N–H and O–H groups in total. The third-order valence-corrected chi connectivity index (χ3v) is 3.20. The van der Waals surface area contributed by atoms with Crippen LogP contribution in [0.3, 0.4) is 0 Å². The van der Waals surface area contributed by atoms with Gasteiger partial charge in [-0.15, -0.1) is 0 Å². The molecule has 1 heterocycles. The number of para-hydroxylation sites is 1. The van der Waals surface area contributed by atoms with Crippen molar-refractivity contribution in [2.75, 3.05) is 0 Å². The minimum atomic E-state index is -1.68. The van der Waals surface area contributed by atoms with Gasteiger partial charge in [0, 0.05) is 6.07 Å². The normalized spacial score (nSPS) is 28.2. The van der Waals surface area contributed by atoms with Gasteiger partial charge >= 0.3 is 5.97 Å². The number of carbonyl (C=O) groups is 1. The fraction of sp³-hybridized carbons (Fsp3) is 0.462. The van der Waals surface area contributed by atoms with Gasteiger partial charge in [0.2, 0.25) is 0 Å². The third-order valence-electron chi connectivity index (χ3n) is 3.20. The van der Waals surface area contributed by atoms with E-state index in [-0.39, 0.29) is 11.3 Å². The van der Waals surface area contributed by atoms with Crippen LogP contribution in [0.15, 0.2) is 24.3 Å². The number of nitrogens with zero attached hydrogens (tertiary/aromatic N) is 1. The van der Waals surface area contributed by atoms with E-state index in [0.717, 1.165) is 0 Å². The van der Waals surface area contributed by atoms with Crippen LogP contribution in [0.1, 0.15) is 32.4 Å². The summed E-state index contributed by atoms with van der Waals surface area (Å²) in [5, 5.41) is 20.5. The zero-order valence-electron chi connectivity index (χ0n) is 11.3. The number of rotatable bonds is 3. The molecule has 1 saturated heterocycles. The number of hydrogen-bond acceptors (Lipinski definition) is 5. The molecule has 7 heteroatoms. The topological polar surface area (TPSA) is 98.9 Å². The molecular weight excluding hydrogens is 266 g/mol. The highest BCUT2D eigenvalue weighted by Crippen LogP contribution is 2.47. The fourth-order valence-electron chi connectivity index (χ4n) is 2.38. The van der Waals surface area contributed by atoms with E-state index in [0.29, 0.717) is 0 Å². The molecule has 0 aromatic heterocycles. The summed E-state index contributed by atoms with van der Waals surface area (Å²) in [7, 11) is 0. The number of carboxylic acid groups (broad SMARTS) is 1. The average molecular weight is 281 g/mol. The van der Waals surface area contributed by atoms with Crippen molar-refractivity contribution in [3.8, 4) is 0 Å². The summed E-state index contributed by atoms with van der Waals surface area (Å²) in [5.41, 5.74) is -1.69. The maximum Gasteiger partial charge on any atom is 0.338 e. The number of hydrogen-bond donors (Lipinski definition) is 1. The van der Waals surface area contributed by atoms with Crippen LogP contribution < -0.4 is 0 Å². The molecule has 0 bridgehead atoms. The second-order valence-electron chi connectivity index (χ2n) is 5.23. The number of nitro groups is 1. The van der Waals surface area contributed by atoms with E-state index in [1.54, 1.807) is 19.9 Å². The Labute approximate surface area is 115 Å². The van der Waals surface area contributed by atoms with E-state index >= 15 is 0 Å². The molecule has 0 radical (unpaired) electrons. The Morgan fingerprint density at radius 3 is 2.50 bits per heavy atom. The SMILES string of the molecule is CC1(C)O[C@@H](c2ccccc2[N+](=O)[O-])[C@@](C)(C(=O)O)O1. The van der Waals surface area contributed by atoms with E-state index < -0.39 is 28.4 Å². The Kier molecular flexibility index (Phi) is 3.27. The molecule has 1 aromatic carbocycles. The summed E-state index contributed by atoms with van der Waals surface area (Å²) in [4.78, 5) is 22.0. The van der Waals surface area contributed by atoms with E-state index in [4.69, 9.17) is 9.47 Å². The van der Waals surface area contributed by atoms with E-state index in [9.17, 15) is 20.0 Å². The lowest BCUT2D eigenvalue weighted by Crippen LogP contribution is -2.41.